The summed E-state index contributed by atoms with van der Waals surface area (Å²) in [6, 6.07) is 7.27. The molecule has 5 N–H and O–H groups in total. The Balaban J connectivity index is 1.68. The van der Waals surface area contributed by atoms with E-state index in [0.29, 0.717) is 30.2 Å². The van der Waals surface area contributed by atoms with Crippen LogP contribution in [0.25, 0.3) is 0 Å². The topological polar surface area (TPSA) is 118 Å². The number of hydrogen-bond donors (Lipinski definition) is 3. The van der Waals surface area contributed by atoms with E-state index in [2.05, 4.69) is 15.7 Å². The van der Waals surface area contributed by atoms with Gasteiger partial charge in [0.05, 0.1) is 11.3 Å². The van der Waals surface area contributed by atoms with Gasteiger partial charge in [-0.25, -0.2) is 0 Å². The standard InChI is InChI=1S/C18H24N6O2/c19-9-10-21-22-16-6-2-1-5-15(16)18(25)24-11-3-4-13(12-24)17(20)23-26-14-7-8-14/h1-2,5-6,9-10,13-14,19,22H,3-4,7-8,11-12H2,(H2,20,23)/p+1/b19-9?,21-10-/t13-/m1/s1. The van der Waals surface area contributed by atoms with Crippen molar-refractivity contribution in [2.75, 3.05) is 18.5 Å². The Morgan fingerprint density at radius 3 is 2.92 bits per heavy atom. The average Bonchev–Trinajstić information content (AvgIpc) is 3.51. The minimum absolute atomic E-state index is 0.0245. The second-order valence-corrected chi connectivity index (χ2v) is 6.54. The molecule has 8 heteroatoms. The normalized spacial score (nSPS) is 20.8. The Morgan fingerprint density at radius 1 is 1.35 bits per heavy atom. The molecule has 3 rings (SSSR count). The molecule has 0 spiro atoms. The van der Waals surface area contributed by atoms with Crippen molar-refractivity contribution in [3.05, 3.63) is 29.8 Å². The summed E-state index contributed by atoms with van der Waals surface area (Å²) < 4.78 is 0. The summed E-state index contributed by atoms with van der Waals surface area (Å²) in [5.41, 5.74) is 10.1. The Labute approximate surface area is 152 Å². The molecule has 1 atom stereocenters. The van der Waals surface area contributed by atoms with Crippen LogP contribution in [-0.2, 0) is 4.84 Å². The molecule has 0 radical (unpaired) electrons. The number of carbonyl (C=O) groups is 1. The van der Waals surface area contributed by atoms with Gasteiger partial charge in [0.15, 0.2) is 6.21 Å². The van der Waals surface area contributed by atoms with Crippen LogP contribution in [0.4, 0.5) is 5.69 Å². The maximum atomic E-state index is 13.0. The number of rotatable bonds is 7. The number of amides is 1. The first-order chi connectivity index (χ1) is 12.7. The number of nitrogens with two attached hydrogens (primary N) is 2. The summed E-state index contributed by atoms with van der Waals surface area (Å²) in [5, 5.41) is 13.3. The lowest BCUT2D eigenvalue weighted by molar-refractivity contribution is -0.102. The van der Waals surface area contributed by atoms with Crippen molar-refractivity contribution in [1.82, 2.24) is 4.90 Å². The molecule has 26 heavy (non-hydrogen) atoms. The lowest BCUT2D eigenvalue weighted by Gasteiger charge is -2.32. The second kappa shape index (κ2) is 8.46. The molecule has 1 aromatic carbocycles. The van der Waals surface area contributed by atoms with E-state index in [9.17, 15) is 4.79 Å². The molecule has 1 aromatic rings. The number of nitrogens with one attached hydrogen (secondary N) is 1. The molecule has 138 valence electrons. The molecule has 1 saturated heterocycles. The fourth-order valence-corrected chi connectivity index (χ4v) is 2.87. The van der Waals surface area contributed by atoms with Crippen molar-refractivity contribution >= 4 is 29.9 Å². The molecular formula is C18H25N6O2+. The van der Waals surface area contributed by atoms with Gasteiger partial charge < -0.3 is 15.5 Å². The van der Waals surface area contributed by atoms with Crippen LogP contribution in [0.3, 0.4) is 0 Å². The van der Waals surface area contributed by atoms with E-state index >= 15 is 0 Å². The highest BCUT2D eigenvalue weighted by Gasteiger charge is 2.29. The van der Waals surface area contributed by atoms with Crippen molar-refractivity contribution in [1.29, 1.82) is 0 Å². The minimum atomic E-state index is -0.0550. The predicted octanol–water partition coefficient (Wildman–Crippen LogP) is 0.218. The molecule has 1 amide bonds. The molecular weight excluding hydrogens is 332 g/mol. The number of nitrogens with zero attached hydrogens (tertiary/aromatic N) is 3. The summed E-state index contributed by atoms with van der Waals surface area (Å²) in [6.07, 6.45) is 6.84. The van der Waals surface area contributed by atoms with Gasteiger partial charge in [0, 0.05) is 19.0 Å². The monoisotopic (exact) mass is 357 g/mol. The highest BCUT2D eigenvalue weighted by molar-refractivity contribution is 6.13. The number of benzene rings is 1. The van der Waals surface area contributed by atoms with Crippen LogP contribution in [0.5, 0.6) is 0 Å². The van der Waals surface area contributed by atoms with Crippen molar-refractivity contribution in [3.63, 3.8) is 0 Å². The Bertz CT molecular complexity index is 713. The summed E-state index contributed by atoms with van der Waals surface area (Å²) in [5.74, 6) is 0.445. The molecule has 1 heterocycles. The first kappa shape index (κ1) is 17.9. The third-order valence-electron chi connectivity index (χ3n) is 4.46. The third-order valence-corrected chi connectivity index (χ3v) is 4.46. The highest BCUT2D eigenvalue weighted by Crippen LogP contribution is 2.25. The smallest absolute Gasteiger partial charge is 0.256 e. The van der Waals surface area contributed by atoms with E-state index in [1.807, 2.05) is 23.1 Å². The van der Waals surface area contributed by atoms with Crippen LogP contribution < -0.4 is 16.6 Å². The molecule has 8 nitrogen and oxygen atoms in total. The van der Waals surface area contributed by atoms with Gasteiger partial charge in [-0.3, -0.25) is 15.6 Å². The number of para-hydroxylation sites is 1. The highest BCUT2D eigenvalue weighted by atomic mass is 16.6. The average molecular weight is 357 g/mol. The van der Waals surface area contributed by atoms with Gasteiger partial charge in [-0.2, -0.15) is 5.10 Å². The number of piperidine rings is 1. The van der Waals surface area contributed by atoms with E-state index in [1.165, 1.54) is 12.4 Å². The van der Waals surface area contributed by atoms with E-state index in [4.69, 9.17) is 16.0 Å². The number of oxime groups is 1. The largest absolute Gasteiger partial charge is 0.391 e. The first-order valence-corrected chi connectivity index (χ1v) is 8.89. The second-order valence-electron chi connectivity index (χ2n) is 6.54. The van der Waals surface area contributed by atoms with E-state index < -0.39 is 0 Å². The summed E-state index contributed by atoms with van der Waals surface area (Å²) in [7, 11) is 0. The number of hydrogen-bond acceptors (Lipinski definition) is 5. The van der Waals surface area contributed by atoms with Crippen LogP contribution in [0.15, 0.2) is 34.5 Å². The number of carbonyl (C=O) groups excluding carboxylic acids is 1. The molecule has 1 aliphatic heterocycles. The van der Waals surface area contributed by atoms with E-state index in [1.54, 1.807) is 6.07 Å². The van der Waals surface area contributed by atoms with E-state index in [0.717, 1.165) is 25.7 Å². The van der Waals surface area contributed by atoms with Crippen molar-refractivity contribution in [2.24, 2.45) is 21.9 Å². The lowest BCUT2D eigenvalue weighted by Crippen LogP contribution is -2.44. The summed E-state index contributed by atoms with van der Waals surface area (Å²) in [4.78, 5) is 20.1. The lowest BCUT2D eigenvalue weighted by atomic mass is 9.96. The third kappa shape index (κ3) is 4.59. The van der Waals surface area contributed by atoms with Crippen LogP contribution in [-0.4, -0.2) is 48.3 Å². The Morgan fingerprint density at radius 2 is 2.15 bits per heavy atom. The summed E-state index contributed by atoms with van der Waals surface area (Å²) in [6.45, 7) is 1.23. The number of amidine groups is 1. The van der Waals surface area contributed by atoms with Crippen molar-refractivity contribution < 1.29 is 15.0 Å². The van der Waals surface area contributed by atoms with Gasteiger partial charge in [-0.05, 0) is 37.8 Å². The van der Waals surface area contributed by atoms with Crippen LogP contribution in [0, 0.1) is 5.92 Å². The number of anilines is 1. The fourth-order valence-electron chi connectivity index (χ4n) is 2.87. The summed E-state index contributed by atoms with van der Waals surface area (Å²) >= 11 is 0. The first-order valence-electron chi connectivity index (χ1n) is 8.89. The quantitative estimate of drug-likeness (QED) is 0.367. The molecule has 0 bridgehead atoms. The molecule has 0 unspecified atom stereocenters. The maximum Gasteiger partial charge on any atom is 0.256 e. The van der Waals surface area contributed by atoms with Gasteiger partial charge in [0.1, 0.15) is 18.2 Å². The van der Waals surface area contributed by atoms with Gasteiger partial charge in [-0.15, -0.1) is 0 Å². The SMILES string of the molecule is N/C(=N\OC1CC1)[C@@H]1CCCN(C(=O)c2ccccc2N/N=C\C=[NH2+])C1. The predicted molar refractivity (Wildman–Crippen MR) is 101 cm³/mol. The zero-order valence-electron chi connectivity index (χ0n) is 14.7. The Kier molecular flexibility index (Phi) is 5.83. The Hall–Kier alpha value is -2.90. The number of hydrazone groups is 1. The van der Waals surface area contributed by atoms with Crippen molar-refractivity contribution in [3.8, 4) is 0 Å². The van der Waals surface area contributed by atoms with E-state index in [-0.39, 0.29) is 17.9 Å². The minimum Gasteiger partial charge on any atom is -0.391 e. The zero-order chi connectivity index (χ0) is 18.4. The van der Waals surface area contributed by atoms with Crippen LogP contribution >= 0.6 is 0 Å². The van der Waals surface area contributed by atoms with Crippen LogP contribution in [0.2, 0.25) is 0 Å². The maximum absolute atomic E-state index is 13.0. The van der Waals surface area contributed by atoms with Crippen LogP contribution in [0.1, 0.15) is 36.0 Å². The molecule has 1 saturated carbocycles. The molecule has 0 aromatic heterocycles. The molecule has 2 aliphatic rings. The van der Waals surface area contributed by atoms with Crippen molar-refractivity contribution in [2.45, 2.75) is 31.8 Å². The number of likely N-dealkylation sites (tertiary alicyclic amines) is 1. The van der Waals surface area contributed by atoms with Gasteiger partial charge >= 0.3 is 0 Å². The van der Waals surface area contributed by atoms with Gasteiger partial charge in [0.25, 0.3) is 5.91 Å². The zero-order valence-corrected chi connectivity index (χ0v) is 14.7. The molecule has 1 aliphatic carbocycles. The van der Waals surface area contributed by atoms with Gasteiger partial charge in [-0.1, -0.05) is 17.3 Å². The molecule has 2 fully saturated rings. The fraction of sp³-hybridized carbons (Fsp3) is 0.444. The van der Waals surface area contributed by atoms with Gasteiger partial charge in [0.2, 0.25) is 0 Å².